The van der Waals surface area contributed by atoms with Gasteiger partial charge in [0.1, 0.15) is 6.29 Å². The van der Waals surface area contributed by atoms with Crippen LogP contribution < -0.4 is 0 Å². The summed E-state index contributed by atoms with van der Waals surface area (Å²) in [6.07, 6.45) is 5.84. The molecule has 0 radical (unpaired) electrons. The minimum atomic E-state index is 0.769. The van der Waals surface area contributed by atoms with E-state index in [1.54, 1.807) is 0 Å². The summed E-state index contributed by atoms with van der Waals surface area (Å²) in [7, 11) is 0. The summed E-state index contributed by atoms with van der Waals surface area (Å²) in [6.45, 7) is 0. The Morgan fingerprint density at radius 2 is 1.59 bits per heavy atom. The van der Waals surface area contributed by atoms with Crippen LogP contribution in [0.4, 0.5) is 0 Å². The molecule has 0 aliphatic carbocycles. The number of carbonyl (C=O) groups excluding carboxylic acids is 1. The number of rotatable bonds is 4. The fraction of sp³-hybridized carbons (Fsp3) is 0.0625. The molecule has 0 atom stereocenters. The van der Waals surface area contributed by atoms with Crippen LogP contribution in [0, 0.1) is 0 Å². The van der Waals surface area contributed by atoms with Crippen LogP contribution in [-0.4, -0.2) is 6.29 Å². The van der Waals surface area contributed by atoms with E-state index in [1.807, 2.05) is 42.5 Å². The Labute approximate surface area is 101 Å². The first-order valence-corrected chi connectivity index (χ1v) is 5.65. The average molecular weight is 222 g/mol. The second kappa shape index (κ2) is 5.80. The number of hydrogen-bond donors (Lipinski definition) is 0. The van der Waals surface area contributed by atoms with E-state index in [1.165, 1.54) is 5.56 Å². The van der Waals surface area contributed by atoms with Crippen molar-refractivity contribution in [3.8, 4) is 0 Å². The number of carbonyl (C=O) groups is 1. The topological polar surface area (TPSA) is 17.1 Å². The lowest BCUT2D eigenvalue weighted by molar-refractivity contribution is 0.112. The van der Waals surface area contributed by atoms with Gasteiger partial charge < -0.3 is 0 Å². The van der Waals surface area contributed by atoms with Gasteiger partial charge in [0.15, 0.2) is 0 Å². The Hall–Kier alpha value is -2.15. The van der Waals surface area contributed by atoms with Crippen LogP contribution in [0.3, 0.4) is 0 Å². The molecule has 0 N–H and O–H groups in total. The molecule has 0 bridgehead atoms. The van der Waals surface area contributed by atoms with Gasteiger partial charge in [-0.1, -0.05) is 66.7 Å². The Morgan fingerprint density at radius 1 is 0.882 bits per heavy atom. The van der Waals surface area contributed by atoms with E-state index < -0.39 is 0 Å². The van der Waals surface area contributed by atoms with Gasteiger partial charge in [-0.3, -0.25) is 4.79 Å². The summed E-state index contributed by atoms with van der Waals surface area (Å²) in [4.78, 5) is 10.8. The van der Waals surface area contributed by atoms with Gasteiger partial charge in [-0.25, -0.2) is 0 Å². The highest BCUT2D eigenvalue weighted by atomic mass is 16.1. The standard InChI is InChI=1S/C16H14O/c17-13-16-11-5-4-10-15(16)12-6-9-14-7-2-1-3-8-14/h1-11,13H,12H2/b9-6+. The van der Waals surface area contributed by atoms with Gasteiger partial charge in [0, 0.05) is 5.56 Å². The number of hydrogen-bond acceptors (Lipinski definition) is 1. The van der Waals surface area contributed by atoms with Crippen molar-refractivity contribution in [3.05, 3.63) is 77.4 Å². The van der Waals surface area contributed by atoms with Gasteiger partial charge in [-0.15, -0.1) is 0 Å². The molecule has 0 unspecified atom stereocenters. The first kappa shape index (κ1) is 11.3. The molecule has 0 saturated carbocycles. The van der Waals surface area contributed by atoms with Crippen LogP contribution in [0.2, 0.25) is 0 Å². The third-order valence-electron chi connectivity index (χ3n) is 2.63. The van der Waals surface area contributed by atoms with Gasteiger partial charge in [-0.2, -0.15) is 0 Å². The van der Waals surface area contributed by atoms with Crippen molar-refractivity contribution in [2.75, 3.05) is 0 Å². The molecular weight excluding hydrogens is 208 g/mol. The lowest BCUT2D eigenvalue weighted by Crippen LogP contribution is -1.89. The van der Waals surface area contributed by atoms with Crippen molar-refractivity contribution < 1.29 is 4.79 Å². The summed E-state index contributed by atoms with van der Waals surface area (Å²) >= 11 is 0. The van der Waals surface area contributed by atoms with E-state index in [0.717, 1.165) is 23.8 Å². The molecule has 0 heterocycles. The summed E-state index contributed by atoms with van der Waals surface area (Å²) < 4.78 is 0. The molecule has 0 amide bonds. The van der Waals surface area contributed by atoms with Gasteiger partial charge in [0.05, 0.1) is 0 Å². The van der Waals surface area contributed by atoms with Crippen molar-refractivity contribution in [1.82, 2.24) is 0 Å². The van der Waals surface area contributed by atoms with Crippen LogP contribution in [0.5, 0.6) is 0 Å². The molecule has 17 heavy (non-hydrogen) atoms. The maximum absolute atomic E-state index is 10.8. The number of aldehydes is 1. The SMILES string of the molecule is O=Cc1ccccc1C/C=C/c1ccccc1. The molecule has 0 aliphatic heterocycles. The van der Waals surface area contributed by atoms with E-state index in [9.17, 15) is 4.79 Å². The third kappa shape index (κ3) is 3.15. The zero-order chi connectivity index (χ0) is 11.9. The largest absolute Gasteiger partial charge is 0.298 e. The van der Waals surface area contributed by atoms with Crippen molar-refractivity contribution >= 4 is 12.4 Å². The van der Waals surface area contributed by atoms with E-state index >= 15 is 0 Å². The summed E-state index contributed by atoms with van der Waals surface area (Å²) in [5, 5.41) is 0. The maximum atomic E-state index is 10.8. The molecular formula is C16H14O. The minimum Gasteiger partial charge on any atom is -0.298 e. The average Bonchev–Trinajstić information content (AvgIpc) is 2.40. The zero-order valence-electron chi connectivity index (χ0n) is 9.54. The van der Waals surface area contributed by atoms with Crippen molar-refractivity contribution in [2.24, 2.45) is 0 Å². The van der Waals surface area contributed by atoms with Crippen LogP contribution in [0.25, 0.3) is 6.08 Å². The summed E-state index contributed by atoms with van der Waals surface area (Å²) in [5.41, 5.74) is 3.01. The summed E-state index contributed by atoms with van der Waals surface area (Å²) in [5.74, 6) is 0. The number of benzene rings is 2. The van der Waals surface area contributed by atoms with E-state index in [-0.39, 0.29) is 0 Å². The van der Waals surface area contributed by atoms with Crippen molar-refractivity contribution in [1.29, 1.82) is 0 Å². The molecule has 0 aromatic heterocycles. The third-order valence-corrected chi connectivity index (χ3v) is 2.63. The summed E-state index contributed by atoms with van der Waals surface area (Å²) in [6, 6.07) is 17.8. The highest BCUT2D eigenvalue weighted by Crippen LogP contribution is 2.09. The first-order valence-electron chi connectivity index (χ1n) is 5.65. The monoisotopic (exact) mass is 222 g/mol. The van der Waals surface area contributed by atoms with E-state index in [4.69, 9.17) is 0 Å². The predicted molar refractivity (Wildman–Crippen MR) is 71.0 cm³/mol. The Balaban J connectivity index is 2.07. The first-order chi connectivity index (χ1) is 8.40. The van der Waals surface area contributed by atoms with Gasteiger partial charge in [0.2, 0.25) is 0 Å². The second-order valence-electron chi connectivity index (χ2n) is 3.83. The number of allylic oxidation sites excluding steroid dienone is 1. The van der Waals surface area contributed by atoms with Crippen LogP contribution in [0.1, 0.15) is 21.5 Å². The lowest BCUT2D eigenvalue weighted by Gasteiger charge is -2.00. The molecule has 0 saturated heterocycles. The van der Waals surface area contributed by atoms with Gasteiger partial charge in [-0.05, 0) is 17.5 Å². The molecule has 2 aromatic carbocycles. The molecule has 84 valence electrons. The Morgan fingerprint density at radius 3 is 2.35 bits per heavy atom. The second-order valence-corrected chi connectivity index (χ2v) is 3.83. The van der Waals surface area contributed by atoms with E-state index in [2.05, 4.69) is 24.3 Å². The zero-order valence-corrected chi connectivity index (χ0v) is 9.54. The quantitative estimate of drug-likeness (QED) is 0.720. The lowest BCUT2D eigenvalue weighted by atomic mass is 10.0. The Kier molecular flexibility index (Phi) is 3.87. The highest BCUT2D eigenvalue weighted by Gasteiger charge is 1.97. The molecule has 0 fully saturated rings. The van der Waals surface area contributed by atoms with Crippen molar-refractivity contribution in [2.45, 2.75) is 6.42 Å². The molecule has 0 spiro atoms. The highest BCUT2D eigenvalue weighted by molar-refractivity contribution is 5.77. The fourth-order valence-electron chi connectivity index (χ4n) is 1.72. The van der Waals surface area contributed by atoms with E-state index in [0.29, 0.717) is 0 Å². The molecule has 1 heteroatoms. The predicted octanol–water partition coefficient (Wildman–Crippen LogP) is 3.76. The molecule has 2 rings (SSSR count). The van der Waals surface area contributed by atoms with Gasteiger partial charge >= 0.3 is 0 Å². The maximum Gasteiger partial charge on any atom is 0.150 e. The van der Waals surface area contributed by atoms with Crippen LogP contribution >= 0.6 is 0 Å². The van der Waals surface area contributed by atoms with Crippen LogP contribution in [-0.2, 0) is 6.42 Å². The molecule has 2 aromatic rings. The molecule has 1 nitrogen and oxygen atoms in total. The van der Waals surface area contributed by atoms with Gasteiger partial charge in [0.25, 0.3) is 0 Å². The smallest absolute Gasteiger partial charge is 0.150 e. The van der Waals surface area contributed by atoms with Crippen LogP contribution in [0.15, 0.2) is 60.7 Å². The van der Waals surface area contributed by atoms with Crippen molar-refractivity contribution in [3.63, 3.8) is 0 Å². The molecule has 0 aliphatic rings. The Bertz CT molecular complexity index is 512. The normalized spacial score (nSPS) is 10.6. The fourth-order valence-corrected chi connectivity index (χ4v) is 1.72. The minimum absolute atomic E-state index is 0.769.